The van der Waals surface area contributed by atoms with Crippen molar-refractivity contribution in [1.29, 1.82) is 0 Å². The number of hydrogen-bond donors (Lipinski definition) is 2. The van der Waals surface area contributed by atoms with Crippen molar-refractivity contribution < 1.29 is 22.8 Å². The van der Waals surface area contributed by atoms with Crippen LogP contribution in [0, 0.1) is 6.92 Å². The second-order valence-electron chi connectivity index (χ2n) is 11.4. The van der Waals surface area contributed by atoms with E-state index in [2.05, 4.69) is 33.9 Å². The number of piperazine rings is 1. The molecule has 14 heteroatoms. The molecule has 0 spiro atoms. The van der Waals surface area contributed by atoms with Gasteiger partial charge in [0.1, 0.15) is 14.8 Å². The lowest BCUT2D eigenvalue weighted by Gasteiger charge is -2.35. The number of nitrogens with zero attached hydrogens (tertiary/aromatic N) is 7. The minimum Gasteiger partial charge on any atom is -0.378 e. The molecule has 0 bridgehead atoms. The molecule has 2 N–H and O–H groups in total. The van der Waals surface area contributed by atoms with Gasteiger partial charge in [-0.3, -0.25) is 9.24 Å². The molecule has 0 aliphatic carbocycles. The van der Waals surface area contributed by atoms with Gasteiger partial charge in [0.15, 0.2) is 11.5 Å². The van der Waals surface area contributed by atoms with Crippen LogP contribution in [0.5, 0.6) is 0 Å². The summed E-state index contributed by atoms with van der Waals surface area (Å²) < 4.78 is 50.6. The van der Waals surface area contributed by atoms with E-state index in [1.165, 1.54) is 13.0 Å². The van der Waals surface area contributed by atoms with E-state index in [9.17, 15) is 18.1 Å². The van der Waals surface area contributed by atoms with Crippen LogP contribution in [0.15, 0.2) is 36.7 Å². The summed E-state index contributed by atoms with van der Waals surface area (Å²) in [7, 11) is -0.535. The van der Waals surface area contributed by atoms with Gasteiger partial charge in [-0.15, -0.1) is 5.10 Å². The third-order valence-corrected chi connectivity index (χ3v) is 8.76. The summed E-state index contributed by atoms with van der Waals surface area (Å²) in [6.07, 6.45) is -0.894. The lowest BCUT2D eigenvalue weighted by atomic mass is 9.97. The Morgan fingerprint density at radius 2 is 1.88 bits per heavy atom. The van der Waals surface area contributed by atoms with Crippen LogP contribution in [0.25, 0.3) is 17.0 Å². The average Bonchev–Trinajstić information content (AvgIpc) is 3.57. The molecule has 0 radical (unpaired) electrons. The van der Waals surface area contributed by atoms with E-state index in [0.29, 0.717) is 61.3 Å². The minimum atomic E-state index is -4.45. The molecule has 2 saturated heterocycles. The molecule has 5 heterocycles. The minimum absolute atomic E-state index is 0.196. The Hall–Kier alpha value is -3.09. The van der Waals surface area contributed by atoms with Crippen LogP contribution in [0.1, 0.15) is 41.9 Å². The highest BCUT2D eigenvalue weighted by Crippen LogP contribution is 2.35. The van der Waals surface area contributed by atoms with Gasteiger partial charge in [0.25, 0.3) is 0 Å². The molecule has 3 unspecified atom stereocenters. The summed E-state index contributed by atoms with van der Waals surface area (Å²) in [6.45, 7) is 10.4. The van der Waals surface area contributed by atoms with Gasteiger partial charge in [-0.05, 0) is 44.0 Å². The predicted molar refractivity (Wildman–Crippen MR) is 159 cm³/mol. The van der Waals surface area contributed by atoms with Gasteiger partial charge < -0.3 is 19.8 Å². The third kappa shape index (κ3) is 6.14. The Labute approximate surface area is 249 Å². The summed E-state index contributed by atoms with van der Waals surface area (Å²) in [4.78, 5) is 24.2. The van der Waals surface area contributed by atoms with Gasteiger partial charge in [0.2, 0.25) is 0 Å². The lowest BCUT2D eigenvalue weighted by molar-refractivity contribution is -0.138. The maximum Gasteiger partial charge on any atom is 0.416 e. The van der Waals surface area contributed by atoms with Crippen molar-refractivity contribution in [2.45, 2.75) is 52.0 Å². The number of fused-ring (bicyclic) bond motifs is 1. The van der Waals surface area contributed by atoms with Crippen molar-refractivity contribution in [2.24, 2.45) is 0 Å². The molecule has 10 nitrogen and oxygen atoms in total. The van der Waals surface area contributed by atoms with Gasteiger partial charge in [-0.2, -0.15) is 13.2 Å². The van der Waals surface area contributed by atoms with E-state index in [0.717, 1.165) is 30.5 Å². The number of hydrogen-bond acceptors (Lipinski definition) is 8. The monoisotopic (exact) mass is 616 g/mol. The van der Waals surface area contributed by atoms with Crippen LogP contribution in [-0.2, 0) is 23.9 Å². The van der Waals surface area contributed by atoms with Crippen molar-refractivity contribution in [2.75, 3.05) is 44.3 Å². The van der Waals surface area contributed by atoms with Gasteiger partial charge in [-0.25, -0.2) is 14.5 Å². The molecule has 230 valence electrons. The van der Waals surface area contributed by atoms with E-state index in [4.69, 9.17) is 14.8 Å². The molecule has 2 aliphatic rings. The first-order chi connectivity index (χ1) is 20.6. The normalized spacial score (nSPS) is 20.6. The summed E-state index contributed by atoms with van der Waals surface area (Å²) >= 11 is 0. The van der Waals surface area contributed by atoms with Crippen LogP contribution < -0.4 is 10.2 Å². The summed E-state index contributed by atoms with van der Waals surface area (Å²) in [5.74, 6) is 1.24. The number of ether oxygens (including phenoxy) is 1. The van der Waals surface area contributed by atoms with Gasteiger partial charge >= 0.3 is 6.18 Å². The van der Waals surface area contributed by atoms with E-state index < -0.39 is 20.7 Å². The quantitative estimate of drug-likeness (QED) is 0.302. The first-order valence-corrected chi connectivity index (χ1v) is 15.3. The molecule has 2 fully saturated rings. The molecule has 4 aromatic rings. The van der Waals surface area contributed by atoms with Gasteiger partial charge in [0.05, 0.1) is 35.7 Å². The Balaban J connectivity index is 1.55. The van der Waals surface area contributed by atoms with Gasteiger partial charge in [-0.1, -0.05) is 12.1 Å². The van der Waals surface area contributed by atoms with Crippen LogP contribution in [0.3, 0.4) is 0 Å². The number of benzene rings is 1. The van der Waals surface area contributed by atoms with Crippen molar-refractivity contribution >= 4 is 20.4 Å². The molecular weight excluding hydrogens is 580 g/mol. The average molecular weight is 617 g/mol. The van der Waals surface area contributed by atoms with Crippen molar-refractivity contribution in [3.05, 3.63) is 64.7 Å². The smallest absolute Gasteiger partial charge is 0.378 e. The van der Waals surface area contributed by atoms with Crippen LogP contribution in [0.2, 0.25) is 0 Å². The molecule has 2 aliphatic heterocycles. The zero-order valence-corrected chi connectivity index (χ0v) is 25.4. The Morgan fingerprint density at radius 1 is 1.14 bits per heavy atom. The fourth-order valence-corrected chi connectivity index (χ4v) is 6.65. The molecule has 0 saturated carbocycles. The van der Waals surface area contributed by atoms with E-state index in [-0.39, 0.29) is 24.1 Å². The van der Waals surface area contributed by atoms with Crippen molar-refractivity contribution in [3.63, 3.8) is 0 Å². The fraction of sp³-hybridized carbons (Fsp3) is 0.483. The highest BCUT2D eigenvalue weighted by Gasteiger charge is 2.33. The standard InChI is InChI=1S/C29H36F3N8O2P/c1-18-15-37(16-19(2)34-18)17-24-25(13-21-5-4-6-23(20(21)3)29(30,31)32)40-28(35-24)22(27-33-7-8-39(27)43-41)14-26(36-40)38-9-11-42-12-10-38/h4-8,14,18-19,34,41,43H,9-13,15-17H2,1-3H3. The van der Waals surface area contributed by atoms with Crippen LogP contribution in [0.4, 0.5) is 19.0 Å². The largest absolute Gasteiger partial charge is 0.416 e. The summed E-state index contributed by atoms with van der Waals surface area (Å²) in [5.41, 5.74) is 2.86. The van der Waals surface area contributed by atoms with Crippen LogP contribution >= 0.6 is 8.96 Å². The SMILES string of the molecule is Cc1c(Cc2c(CN3CC(C)NC(C)C3)nc3c(-c4nccn4PO)cc(N4CCOCC4)nn23)cccc1C(F)(F)F. The second-order valence-corrected chi connectivity index (χ2v) is 12.1. The second kappa shape index (κ2) is 12.1. The van der Waals surface area contributed by atoms with Gasteiger partial charge in [0, 0.05) is 63.6 Å². The van der Waals surface area contributed by atoms with Crippen molar-refractivity contribution in [1.82, 2.24) is 34.1 Å². The van der Waals surface area contributed by atoms with Crippen molar-refractivity contribution in [3.8, 4) is 11.4 Å². The van der Waals surface area contributed by atoms with E-state index >= 15 is 0 Å². The first-order valence-electron chi connectivity index (χ1n) is 14.4. The summed E-state index contributed by atoms with van der Waals surface area (Å²) in [5, 5.41) is 8.59. The predicted octanol–water partition coefficient (Wildman–Crippen LogP) is 3.88. The zero-order valence-electron chi connectivity index (χ0n) is 24.4. The number of imidazole rings is 2. The topological polar surface area (TPSA) is 96.0 Å². The fourth-order valence-electron chi connectivity index (χ4n) is 6.24. The first kappa shape index (κ1) is 30.0. The maximum absolute atomic E-state index is 13.9. The highest BCUT2D eigenvalue weighted by molar-refractivity contribution is 7.29. The number of halogens is 3. The molecule has 3 atom stereocenters. The zero-order chi connectivity index (χ0) is 30.3. The highest BCUT2D eigenvalue weighted by atomic mass is 31.1. The number of alkyl halides is 3. The third-order valence-electron chi connectivity index (χ3n) is 8.19. The number of aromatic nitrogens is 5. The molecule has 6 rings (SSSR count). The molecule has 1 aromatic carbocycles. The number of nitrogens with one attached hydrogen (secondary N) is 1. The Bertz CT molecular complexity index is 1590. The Kier molecular flexibility index (Phi) is 8.45. The lowest BCUT2D eigenvalue weighted by Crippen LogP contribution is -2.53. The number of morpholine rings is 1. The molecule has 43 heavy (non-hydrogen) atoms. The number of anilines is 1. The van der Waals surface area contributed by atoms with Crippen LogP contribution in [-0.4, -0.2) is 85.2 Å². The Morgan fingerprint density at radius 3 is 2.58 bits per heavy atom. The number of rotatable bonds is 7. The van der Waals surface area contributed by atoms with E-state index in [1.54, 1.807) is 27.3 Å². The molecule has 3 aromatic heterocycles. The summed E-state index contributed by atoms with van der Waals surface area (Å²) in [6, 6.07) is 6.84. The van der Waals surface area contributed by atoms with E-state index in [1.807, 2.05) is 6.07 Å². The molecule has 0 amide bonds. The maximum atomic E-state index is 13.9. The molecular formula is C29H36F3N8O2P.